The molecular formula is C17H24N2O7. The van der Waals surface area contributed by atoms with Crippen LogP contribution in [0.15, 0.2) is 30.3 Å². The fourth-order valence-electron chi connectivity index (χ4n) is 2.39. The third-order valence-corrected chi connectivity index (χ3v) is 3.69. The van der Waals surface area contributed by atoms with Gasteiger partial charge < -0.3 is 24.6 Å². The van der Waals surface area contributed by atoms with Gasteiger partial charge in [0.2, 0.25) is 0 Å². The van der Waals surface area contributed by atoms with E-state index in [0.717, 1.165) is 5.56 Å². The van der Waals surface area contributed by atoms with E-state index in [-0.39, 0.29) is 13.2 Å². The van der Waals surface area contributed by atoms with E-state index in [0.29, 0.717) is 6.61 Å². The van der Waals surface area contributed by atoms with E-state index < -0.39 is 36.5 Å². The molecule has 1 heterocycles. The summed E-state index contributed by atoms with van der Waals surface area (Å²) in [7, 11) is 0. The number of cyclic esters (lactones) is 1. The average molecular weight is 368 g/mol. The number of carbonyl (C=O) groups excluding carboxylic acids is 2. The van der Waals surface area contributed by atoms with Crippen molar-refractivity contribution in [3.8, 4) is 0 Å². The molecule has 9 nitrogen and oxygen atoms in total. The van der Waals surface area contributed by atoms with Crippen LogP contribution in [0.2, 0.25) is 0 Å². The second-order valence-electron chi connectivity index (χ2n) is 5.66. The molecule has 0 radical (unpaired) electrons. The van der Waals surface area contributed by atoms with Gasteiger partial charge in [-0.1, -0.05) is 30.3 Å². The number of hydrogen-bond donors (Lipinski definition) is 3. The number of nitrogens with one attached hydrogen (secondary N) is 2. The van der Waals surface area contributed by atoms with Crippen molar-refractivity contribution in [1.29, 1.82) is 0 Å². The fourth-order valence-corrected chi connectivity index (χ4v) is 2.39. The topological polar surface area (TPSA) is 115 Å². The molecule has 0 saturated carbocycles. The lowest BCUT2D eigenvalue weighted by molar-refractivity contribution is -0.152. The van der Waals surface area contributed by atoms with Crippen LogP contribution in [-0.4, -0.2) is 54.9 Å². The number of hydrogen-bond acceptors (Lipinski definition) is 7. The summed E-state index contributed by atoms with van der Waals surface area (Å²) >= 11 is 0. The van der Waals surface area contributed by atoms with Crippen LogP contribution in [0.3, 0.4) is 0 Å². The van der Waals surface area contributed by atoms with Crippen LogP contribution in [0.5, 0.6) is 0 Å². The largest absolute Gasteiger partial charge is 0.441 e. The van der Waals surface area contributed by atoms with Crippen molar-refractivity contribution in [3.63, 3.8) is 0 Å². The Morgan fingerprint density at radius 2 is 2.08 bits per heavy atom. The summed E-state index contributed by atoms with van der Waals surface area (Å²) in [5.74, 6) is -0.815. The number of amides is 2. The maximum Gasteiger partial charge on any atom is 0.408 e. The van der Waals surface area contributed by atoms with E-state index in [1.54, 1.807) is 6.92 Å². The van der Waals surface area contributed by atoms with Crippen LogP contribution >= 0.6 is 0 Å². The van der Waals surface area contributed by atoms with E-state index in [1.807, 2.05) is 37.3 Å². The molecule has 1 aliphatic rings. The quantitative estimate of drug-likeness (QED) is 0.406. The highest BCUT2D eigenvalue weighted by Crippen LogP contribution is 2.15. The zero-order valence-corrected chi connectivity index (χ0v) is 14.7. The summed E-state index contributed by atoms with van der Waals surface area (Å²) in [5.41, 5.74) is 3.01. The molecule has 3 N–H and O–H groups in total. The molecule has 26 heavy (non-hydrogen) atoms. The smallest absolute Gasteiger partial charge is 0.408 e. The second kappa shape index (κ2) is 10.1. The minimum absolute atomic E-state index is 0.0206. The number of carbonyl (C=O) groups is 2. The van der Waals surface area contributed by atoms with Gasteiger partial charge in [0.25, 0.3) is 5.91 Å². The van der Waals surface area contributed by atoms with Crippen molar-refractivity contribution in [2.24, 2.45) is 0 Å². The van der Waals surface area contributed by atoms with E-state index in [2.05, 4.69) is 10.8 Å². The standard InChI is InChI=1S/C17H24N2O7/c1-3-23-11(2)24-10-13-15(26-17(22)18-13)14(20)16(21)19-25-9-12-7-5-4-6-8-12/h4-8,11,13-15,20H,3,9-10H2,1-2H3,(H,18,22)(H,19,21)/t11?,13-,14-,15+/m1/s1. The van der Waals surface area contributed by atoms with Gasteiger partial charge in [0.05, 0.1) is 19.3 Å². The van der Waals surface area contributed by atoms with Gasteiger partial charge in [-0.25, -0.2) is 10.3 Å². The Balaban J connectivity index is 1.81. The van der Waals surface area contributed by atoms with Crippen LogP contribution in [0.1, 0.15) is 19.4 Å². The minimum Gasteiger partial charge on any atom is -0.441 e. The Morgan fingerprint density at radius 3 is 2.77 bits per heavy atom. The summed E-state index contributed by atoms with van der Waals surface area (Å²) in [5, 5.41) is 12.7. The van der Waals surface area contributed by atoms with Gasteiger partial charge in [-0.2, -0.15) is 0 Å². The molecule has 2 amide bonds. The summed E-state index contributed by atoms with van der Waals surface area (Å²) in [6.07, 6.45) is -3.93. The molecule has 0 spiro atoms. The summed E-state index contributed by atoms with van der Waals surface area (Å²) in [4.78, 5) is 28.6. The van der Waals surface area contributed by atoms with E-state index >= 15 is 0 Å². The molecule has 1 aromatic rings. The lowest BCUT2D eigenvalue weighted by atomic mass is 10.1. The van der Waals surface area contributed by atoms with Crippen molar-refractivity contribution < 1.29 is 33.7 Å². The highest BCUT2D eigenvalue weighted by atomic mass is 16.7. The van der Waals surface area contributed by atoms with Gasteiger partial charge >= 0.3 is 6.09 Å². The van der Waals surface area contributed by atoms with Crippen LogP contribution in [0.25, 0.3) is 0 Å². The maximum absolute atomic E-state index is 12.0. The lowest BCUT2D eigenvalue weighted by Crippen LogP contribution is -2.49. The van der Waals surface area contributed by atoms with Gasteiger partial charge in [0.1, 0.15) is 0 Å². The molecule has 1 unspecified atom stereocenters. The normalized spacial score (nSPS) is 21.6. The Labute approximate surface area is 151 Å². The number of alkyl carbamates (subject to hydrolysis) is 1. The van der Waals surface area contributed by atoms with Gasteiger partial charge in [-0.3, -0.25) is 9.63 Å². The Morgan fingerprint density at radius 1 is 1.35 bits per heavy atom. The van der Waals surface area contributed by atoms with Crippen LogP contribution in [-0.2, 0) is 30.4 Å². The molecule has 0 aliphatic carbocycles. The molecule has 2 rings (SSSR count). The third-order valence-electron chi connectivity index (χ3n) is 3.69. The van der Waals surface area contributed by atoms with Crippen LogP contribution in [0.4, 0.5) is 4.79 Å². The molecule has 9 heteroatoms. The number of benzene rings is 1. The number of aliphatic hydroxyl groups is 1. The molecule has 1 fully saturated rings. The average Bonchev–Trinajstić information content (AvgIpc) is 3.01. The first-order valence-electron chi connectivity index (χ1n) is 8.35. The zero-order chi connectivity index (χ0) is 18.9. The minimum atomic E-state index is -1.61. The SMILES string of the molecule is CCOC(C)OC[C@H]1NC(=O)O[C@@H]1[C@@H](O)C(=O)NOCc1ccccc1. The first kappa shape index (κ1) is 20.1. The van der Waals surface area contributed by atoms with Gasteiger partial charge in [-0.15, -0.1) is 0 Å². The molecular weight excluding hydrogens is 344 g/mol. The second-order valence-corrected chi connectivity index (χ2v) is 5.66. The summed E-state index contributed by atoms with van der Waals surface area (Å²) in [6, 6.07) is 8.51. The first-order valence-corrected chi connectivity index (χ1v) is 8.35. The van der Waals surface area contributed by atoms with Gasteiger partial charge in [0, 0.05) is 6.61 Å². The maximum atomic E-state index is 12.0. The predicted octanol–water partition coefficient (Wildman–Crippen LogP) is 0.471. The van der Waals surface area contributed by atoms with E-state index in [9.17, 15) is 14.7 Å². The van der Waals surface area contributed by atoms with Crippen molar-refractivity contribution in [2.45, 2.75) is 45.0 Å². The molecule has 0 bridgehead atoms. The predicted molar refractivity (Wildman–Crippen MR) is 89.6 cm³/mol. The van der Waals surface area contributed by atoms with E-state index in [1.165, 1.54) is 0 Å². The highest BCUT2D eigenvalue weighted by molar-refractivity contribution is 5.81. The highest BCUT2D eigenvalue weighted by Gasteiger charge is 2.42. The number of ether oxygens (including phenoxy) is 3. The molecule has 144 valence electrons. The molecule has 1 aromatic carbocycles. The molecule has 1 aliphatic heterocycles. The summed E-state index contributed by atoms with van der Waals surface area (Å²) in [6.45, 7) is 4.17. The van der Waals surface area contributed by atoms with Crippen molar-refractivity contribution in [2.75, 3.05) is 13.2 Å². The van der Waals surface area contributed by atoms with Crippen molar-refractivity contribution >= 4 is 12.0 Å². The fraction of sp³-hybridized carbons (Fsp3) is 0.529. The Kier molecular flexibility index (Phi) is 7.79. The zero-order valence-electron chi connectivity index (χ0n) is 14.7. The van der Waals surface area contributed by atoms with Crippen molar-refractivity contribution in [3.05, 3.63) is 35.9 Å². The number of aliphatic hydroxyl groups excluding tert-OH is 1. The number of hydroxylamine groups is 1. The third kappa shape index (κ3) is 5.95. The Hall–Kier alpha value is -2.20. The van der Waals surface area contributed by atoms with Crippen LogP contribution in [0, 0.1) is 0 Å². The molecule has 4 atom stereocenters. The monoisotopic (exact) mass is 368 g/mol. The van der Waals surface area contributed by atoms with Crippen molar-refractivity contribution in [1.82, 2.24) is 10.8 Å². The number of rotatable bonds is 10. The van der Waals surface area contributed by atoms with E-state index in [4.69, 9.17) is 19.0 Å². The molecule has 0 aromatic heterocycles. The van der Waals surface area contributed by atoms with Crippen LogP contribution < -0.4 is 10.8 Å². The summed E-state index contributed by atoms with van der Waals surface area (Å²) < 4.78 is 15.6. The van der Waals surface area contributed by atoms with Gasteiger partial charge in [-0.05, 0) is 19.4 Å². The van der Waals surface area contributed by atoms with Gasteiger partial charge in [0.15, 0.2) is 18.5 Å². The Bertz CT molecular complexity index is 584. The molecule has 1 saturated heterocycles. The first-order chi connectivity index (χ1) is 12.5. The lowest BCUT2D eigenvalue weighted by Gasteiger charge is -2.22.